The summed E-state index contributed by atoms with van der Waals surface area (Å²) in [6, 6.07) is 8.93. The van der Waals surface area contributed by atoms with Crippen LogP contribution < -0.4 is 16.0 Å². The highest BCUT2D eigenvalue weighted by molar-refractivity contribution is 7.89. The Bertz CT molecular complexity index is 699. The van der Waals surface area contributed by atoms with Gasteiger partial charge in [0.05, 0.1) is 16.1 Å². The molecule has 7 nitrogen and oxygen atoms in total. The SMILES string of the molecule is NS(=O)(=O)c1ccc(NNC(=O)c2cccnc2)cc1. The highest BCUT2D eigenvalue weighted by Crippen LogP contribution is 2.11. The first-order chi connectivity index (χ1) is 9.47. The van der Waals surface area contributed by atoms with Crippen LogP contribution in [-0.4, -0.2) is 19.3 Å². The van der Waals surface area contributed by atoms with Crippen LogP contribution in [-0.2, 0) is 10.0 Å². The Kier molecular flexibility index (Phi) is 3.97. The molecule has 0 spiro atoms. The van der Waals surface area contributed by atoms with Crippen LogP contribution in [0.5, 0.6) is 0 Å². The zero-order valence-corrected chi connectivity index (χ0v) is 11.1. The number of rotatable bonds is 4. The van der Waals surface area contributed by atoms with Crippen molar-refractivity contribution in [2.24, 2.45) is 5.14 Å². The number of hydrazine groups is 1. The molecule has 1 heterocycles. The van der Waals surface area contributed by atoms with E-state index in [-0.39, 0.29) is 10.8 Å². The van der Waals surface area contributed by atoms with Crippen molar-refractivity contribution in [2.45, 2.75) is 4.90 Å². The molecule has 1 amide bonds. The second-order valence-electron chi connectivity index (χ2n) is 3.89. The topological polar surface area (TPSA) is 114 Å². The number of primary sulfonamides is 1. The lowest BCUT2D eigenvalue weighted by Gasteiger charge is -2.08. The van der Waals surface area contributed by atoms with Crippen molar-refractivity contribution >= 4 is 21.6 Å². The van der Waals surface area contributed by atoms with E-state index < -0.39 is 10.0 Å². The summed E-state index contributed by atoms with van der Waals surface area (Å²) in [5, 5.41) is 4.98. The van der Waals surface area contributed by atoms with Crippen LogP contribution in [0, 0.1) is 0 Å². The Morgan fingerprint density at radius 2 is 1.85 bits per heavy atom. The van der Waals surface area contributed by atoms with Crippen LogP contribution in [0.4, 0.5) is 5.69 Å². The summed E-state index contributed by atoms with van der Waals surface area (Å²) in [5.41, 5.74) is 6.05. The molecule has 0 aliphatic carbocycles. The molecule has 1 aromatic carbocycles. The number of sulfonamides is 1. The van der Waals surface area contributed by atoms with Crippen LogP contribution >= 0.6 is 0 Å². The third-order valence-corrected chi connectivity index (χ3v) is 3.36. The van der Waals surface area contributed by atoms with Crippen LogP contribution in [0.2, 0.25) is 0 Å². The highest BCUT2D eigenvalue weighted by atomic mass is 32.2. The molecule has 2 rings (SSSR count). The Morgan fingerprint density at radius 3 is 2.40 bits per heavy atom. The molecule has 0 unspecified atom stereocenters. The molecule has 0 aliphatic heterocycles. The lowest BCUT2D eigenvalue weighted by Crippen LogP contribution is -2.29. The van der Waals surface area contributed by atoms with E-state index in [1.54, 1.807) is 18.3 Å². The number of nitrogens with two attached hydrogens (primary N) is 1. The molecular formula is C12H12N4O3S. The lowest BCUT2D eigenvalue weighted by molar-refractivity contribution is 0.0962. The first-order valence-corrected chi connectivity index (χ1v) is 7.11. The largest absolute Gasteiger partial charge is 0.298 e. The second kappa shape index (κ2) is 5.68. The van der Waals surface area contributed by atoms with E-state index in [0.717, 1.165) is 0 Å². The van der Waals surface area contributed by atoms with Crippen molar-refractivity contribution in [3.63, 3.8) is 0 Å². The molecule has 0 radical (unpaired) electrons. The van der Waals surface area contributed by atoms with E-state index in [1.807, 2.05) is 0 Å². The number of hydrogen-bond acceptors (Lipinski definition) is 5. The summed E-state index contributed by atoms with van der Waals surface area (Å²) in [7, 11) is -3.72. The Labute approximate surface area is 115 Å². The fourth-order valence-corrected chi connectivity index (χ4v) is 1.94. The van der Waals surface area contributed by atoms with E-state index in [4.69, 9.17) is 5.14 Å². The van der Waals surface area contributed by atoms with Gasteiger partial charge in [-0.2, -0.15) is 0 Å². The third kappa shape index (κ3) is 3.53. The molecule has 0 bridgehead atoms. The molecule has 20 heavy (non-hydrogen) atoms. The highest BCUT2D eigenvalue weighted by Gasteiger charge is 2.07. The van der Waals surface area contributed by atoms with Gasteiger partial charge < -0.3 is 0 Å². The van der Waals surface area contributed by atoms with Crippen molar-refractivity contribution < 1.29 is 13.2 Å². The Balaban J connectivity index is 2.00. The average Bonchev–Trinajstić information content (AvgIpc) is 2.45. The van der Waals surface area contributed by atoms with E-state index >= 15 is 0 Å². The van der Waals surface area contributed by atoms with E-state index in [1.165, 1.54) is 30.5 Å². The van der Waals surface area contributed by atoms with Crippen LogP contribution in [0.3, 0.4) is 0 Å². The predicted octanol–water partition coefficient (Wildman–Crippen LogP) is 0.486. The standard InChI is InChI=1S/C12H12N4O3S/c13-20(18,19)11-5-3-10(4-6-11)15-16-12(17)9-2-1-7-14-8-9/h1-8,15H,(H,16,17)(H2,13,18,19). The van der Waals surface area contributed by atoms with Gasteiger partial charge in [-0.05, 0) is 36.4 Å². The van der Waals surface area contributed by atoms with E-state index in [9.17, 15) is 13.2 Å². The van der Waals surface area contributed by atoms with Gasteiger partial charge in [-0.3, -0.25) is 20.6 Å². The van der Waals surface area contributed by atoms with E-state index in [2.05, 4.69) is 15.8 Å². The number of nitrogens with one attached hydrogen (secondary N) is 2. The number of carbonyl (C=O) groups excluding carboxylic acids is 1. The molecule has 4 N–H and O–H groups in total. The fraction of sp³-hybridized carbons (Fsp3) is 0. The first-order valence-electron chi connectivity index (χ1n) is 5.56. The van der Waals surface area contributed by atoms with Crippen LogP contribution in [0.25, 0.3) is 0 Å². The summed E-state index contributed by atoms with van der Waals surface area (Å²) in [4.78, 5) is 15.5. The first kappa shape index (κ1) is 14.0. The summed E-state index contributed by atoms with van der Waals surface area (Å²) in [6.07, 6.45) is 3.00. The minimum atomic E-state index is -3.72. The van der Waals surface area contributed by atoms with Gasteiger partial charge in [-0.15, -0.1) is 0 Å². The van der Waals surface area contributed by atoms with Crippen molar-refractivity contribution in [2.75, 3.05) is 5.43 Å². The van der Waals surface area contributed by atoms with Crippen LogP contribution in [0.1, 0.15) is 10.4 Å². The predicted molar refractivity (Wildman–Crippen MR) is 73.1 cm³/mol. The molecule has 104 valence electrons. The monoisotopic (exact) mass is 292 g/mol. The molecule has 8 heteroatoms. The maximum absolute atomic E-state index is 11.7. The summed E-state index contributed by atoms with van der Waals surface area (Å²) in [5.74, 6) is -0.353. The molecule has 1 aromatic heterocycles. The molecule has 0 fully saturated rings. The zero-order chi connectivity index (χ0) is 14.6. The molecule has 0 saturated carbocycles. The van der Waals surface area contributed by atoms with Gasteiger partial charge in [-0.25, -0.2) is 13.6 Å². The van der Waals surface area contributed by atoms with Gasteiger partial charge in [0.25, 0.3) is 5.91 Å². The number of nitrogens with zero attached hydrogens (tertiary/aromatic N) is 1. The normalized spacial score (nSPS) is 10.8. The number of anilines is 1. The minimum Gasteiger partial charge on any atom is -0.298 e. The molecule has 0 atom stereocenters. The number of carbonyl (C=O) groups is 1. The second-order valence-corrected chi connectivity index (χ2v) is 5.45. The van der Waals surface area contributed by atoms with Crippen molar-refractivity contribution in [3.8, 4) is 0 Å². The number of amides is 1. The maximum atomic E-state index is 11.7. The minimum absolute atomic E-state index is 0.00151. The summed E-state index contributed by atoms with van der Waals surface area (Å²) in [6.45, 7) is 0. The third-order valence-electron chi connectivity index (χ3n) is 2.43. The number of hydrogen-bond donors (Lipinski definition) is 3. The average molecular weight is 292 g/mol. The molecule has 2 aromatic rings. The quantitative estimate of drug-likeness (QED) is 0.709. The van der Waals surface area contributed by atoms with Gasteiger partial charge >= 0.3 is 0 Å². The maximum Gasteiger partial charge on any atom is 0.271 e. The molecule has 0 aliphatic rings. The number of pyridine rings is 1. The van der Waals surface area contributed by atoms with Crippen LogP contribution in [0.15, 0.2) is 53.7 Å². The number of benzene rings is 1. The van der Waals surface area contributed by atoms with Gasteiger partial charge in [0.1, 0.15) is 0 Å². The van der Waals surface area contributed by atoms with Gasteiger partial charge in [0, 0.05) is 12.4 Å². The van der Waals surface area contributed by atoms with Gasteiger partial charge in [0.15, 0.2) is 0 Å². The van der Waals surface area contributed by atoms with Crippen molar-refractivity contribution in [1.29, 1.82) is 0 Å². The molecular weight excluding hydrogens is 280 g/mol. The smallest absolute Gasteiger partial charge is 0.271 e. The fourth-order valence-electron chi connectivity index (χ4n) is 1.43. The number of aromatic nitrogens is 1. The zero-order valence-electron chi connectivity index (χ0n) is 10.3. The van der Waals surface area contributed by atoms with E-state index in [0.29, 0.717) is 11.3 Å². The Hall–Kier alpha value is -2.45. The Morgan fingerprint density at radius 1 is 1.15 bits per heavy atom. The van der Waals surface area contributed by atoms with Crippen molar-refractivity contribution in [3.05, 3.63) is 54.4 Å². The summed E-state index contributed by atoms with van der Waals surface area (Å²) < 4.78 is 22.2. The van der Waals surface area contributed by atoms with Gasteiger partial charge in [0.2, 0.25) is 10.0 Å². The van der Waals surface area contributed by atoms with Gasteiger partial charge in [-0.1, -0.05) is 0 Å². The summed E-state index contributed by atoms with van der Waals surface area (Å²) >= 11 is 0. The van der Waals surface area contributed by atoms with Crippen molar-refractivity contribution in [1.82, 2.24) is 10.4 Å². The lowest BCUT2D eigenvalue weighted by atomic mass is 10.3. The molecule has 0 saturated heterocycles.